The first-order valence-electron chi connectivity index (χ1n) is 6.11. The minimum Gasteiger partial charge on any atom is -0.366 e. The quantitative estimate of drug-likeness (QED) is 0.792. The summed E-state index contributed by atoms with van der Waals surface area (Å²) in [5.41, 5.74) is 1.47. The maximum absolute atomic E-state index is 13.7. The van der Waals surface area contributed by atoms with Gasteiger partial charge in [-0.25, -0.2) is 13.8 Å². The second-order valence-electron chi connectivity index (χ2n) is 4.32. The molecule has 0 aliphatic rings. The lowest BCUT2D eigenvalue weighted by Gasteiger charge is -2.08. The van der Waals surface area contributed by atoms with E-state index in [1.165, 1.54) is 12.1 Å². The molecule has 100 valence electrons. The number of nitrogens with one attached hydrogen (secondary N) is 1. The van der Waals surface area contributed by atoms with Crippen LogP contribution in [-0.4, -0.2) is 9.97 Å². The summed E-state index contributed by atoms with van der Waals surface area (Å²) in [4.78, 5) is 8.12. The van der Waals surface area contributed by atoms with Crippen LogP contribution in [0.1, 0.15) is 5.56 Å². The smallest absolute Gasteiger partial charge is 0.141 e. The highest BCUT2D eigenvalue weighted by Crippen LogP contribution is 2.20. The molecule has 0 fully saturated rings. The van der Waals surface area contributed by atoms with Gasteiger partial charge in [0.1, 0.15) is 17.5 Å². The van der Waals surface area contributed by atoms with Gasteiger partial charge in [0.05, 0.1) is 11.7 Å². The third-order valence-electron chi connectivity index (χ3n) is 2.99. The molecular formula is C15H11F2N3. The van der Waals surface area contributed by atoms with Gasteiger partial charge >= 0.3 is 0 Å². The third kappa shape index (κ3) is 2.42. The first-order chi connectivity index (χ1) is 9.74. The standard InChI is InChI=1S/C15H11F2N3/c16-11-4-6-14(20-9-11)19-8-10-3-5-13(17)12-2-1-7-18-15(10)12/h1-7,9H,8H2,(H,19,20). The van der Waals surface area contributed by atoms with E-state index in [1.54, 1.807) is 30.5 Å². The Hall–Kier alpha value is -2.56. The zero-order valence-corrected chi connectivity index (χ0v) is 10.5. The molecule has 0 amide bonds. The summed E-state index contributed by atoms with van der Waals surface area (Å²) in [5.74, 6) is -0.124. The molecule has 1 N–H and O–H groups in total. The van der Waals surface area contributed by atoms with Gasteiger partial charge in [-0.3, -0.25) is 4.98 Å². The van der Waals surface area contributed by atoms with Gasteiger partial charge in [-0.1, -0.05) is 6.07 Å². The van der Waals surface area contributed by atoms with E-state index >= 15 is 0 Å². The Balaban J connectivity index is 1.88. The molecule has 0 aliphatic heterocycles. The summed E-state index contributed by atoms with van der Waals surface area (Å²) in [7, 11) is 0. The monoisotopic (exact) mass is 271 g/mol. The Morgan fingerprint density at radius 2 is 1.90 bits per heavy atom. The molecule has 2 aromatic heterocycles. The molecule has 0 saturated carbocycles. The fourth-order valence-electron chi connectivity index (χ4n) is 2.01. The Morgan fingerprint density at radius 1 is 1.00 bits per heavy atom. The van der Waals surface area contributed by atoms with Gasteiger partial charge in [-0.2, -0.15) is 0 Å². The van der Waals surface area contributed by atoms with Crippen LogP contribution in [0.3, 0.4) is 0 Å². The minimum absolute atomic E-state index is 0.295. The fraction of sp³-hybridized carbons (Fsp3) is 0.0667. The van der Waals surface area contributed by atoms with Gasteiger partial charge in [0.15, 0.2) is 0 Å². The van der Waals surface area contributed by atoms with E-state index in [0.717, 1.165) is 11.8 Å². The lowest BCUT2D eigenvalue weighted by Crippen LogP contribution is -2.03. The maximum atomic E-state index is 13.7. The Bertz CT molecular complexity index is 742. The van der Waals surface area contributed by atoms with Crippen LogP contribution in [0, 0.1) is 11.6 Å². The van der Waals surface area contributed by atoms with Crippen molar-refractivity contribution in [3.63, 3.8) is 0 Å². The van der Waals surface area contributed by atoms with Crippen molar-refractivity contribution in [2.75, 3.05) is 5.32 Å². The molecule has 2 heterocycles. The van der Waals surface area contributed by atoms with Crippen molar-refractivity contribution in [2.45, 2.75) is 6.54 Å². The van der Waals surface area contributed by atoms with E-state index in [2.05, 4.69) is 15.3 Å². The number of aromatic nitrogens is 2. The van der Waals surface area contributed by atoms with Crippen LogP contribution in [0.4, 0.5) is 14.6 Å². The summed E-state index contributed by atoms with van der Waals surface area (Å²) in [6, 6.07) is 9.37. The van der Waals surface area contributed by atoms with Crippen LogP contribution in [-0.2, 0) is 6.54 Å². The van der Waals surface area contributed by atoms with Crippen LogP contribution in [0.5, 0.6) is 0 Å². The fourth-order valence-corrected chi connectivity index (χ4v) is 2.01. The van der Waals surface area contributed by atoms with Gasteiger partial charge in [-0.15, -0.1) is 0 Å². The number of hydrogen-bond donors (Lipinski definition) is 1. The number of hydrogen-bond acceptors (Lipinski definition) is 3. The SMILES string of the molecule is Fc1ccc(NCc2ccc(F)c3cccnc23)nc1. The number of benzene rings is 1. The average molecular weight is 271 g/mol. The number of pyridine rings is 2. The molecule has 0 saturated heterocycles. The molecule has 1 aromatic carbocycles. The first-order valence-corrected chi connectivity index (χ1v) is 6.11. The van der Waals surface area contributed by atoms with Gasteiger partial charge in [0.25, 0.3) is 0 Å². The van der Waals surface area contributed by atoms with Crippen molar-refractivity contribution in [3.8, 4) is 0 Å². The van der Waals surface area contributed by atoms with Crippen molar-refractivity contribution in [1.29, 1.82) is 0 Å². The summed E-state index contributed by atoms with van der Waals surface area (Å²) >= 11 is 0. The lowest BCUT2D eigenvalue weighted by molar-refractivity contribution is 0.621. The van der Waals surface area contributed by atoms with Crippen molar-refractivity contribution < 1.29 is 8.78 Å². The van der Waals surface area contributed by atoms with Crippen LogP contribution in [0.15, 0.2) is 48.8 Å². The topological polar surface area (TPSA) is 37.8 Å². The van der Waals surface area contributed by atoms with Crippen LogP contribution in [0.2, 0.25) is 0 Å². The van der Waals surface area contributed by atoms with E-state index in [9.17, 15) is 8.78 Å². The van der Waals surface area contributed by atoms with Crippen molar-refractivity contribution >= 4 is 16.7 Å². The first kappa shape index (κ1) is 12.5. The second kappa shape index (κ2) is 5.21. The number of nitrogens with zero attached hydrogens (tertiary/aromatic N) is 2. The average Bonchev–Trinajstić information content (AvgIpc) is 2.49. The van der Waals surface area contributed by atoms with E-state index < -0.39 is 0 Å². The maximum Gasteiger partial charge on any atom is 0.141 e. The summed E-state index contributed by atoms with van der Waals surface area (Å²) < 4.78 is 26.4. The Labute approximate surface area is 114 Å². The second-order valence-corrected chi connectivity index (χ2v) is 4.32. The highest BCUT2D eigenvalue weighted by atomic mass is 19.1. The van der Waals surface area contributed by atoms with Crippen LogP contribution in [0.25, 0.3) is 10.9 Å². The molecule has 3 rings (SSSR count). The predicted molar refractivity (Wildman–Crippen MR) is 73.2 cm³/mol. The molecule has 5 heteroatoms. The van der Waals surface area contributed by atoms with E-state index in [0.29, 0.717) is 23.3 Å². The van der Waals surface area contributed by atoms with Crippen LogP contribution < -0.4 is 5.32 Å². The molecule has 0 bridgehead atoms. The highest BCUT2D eigenvalue weighted by Gasteiger charge is 2.06. The zero-order valence-electron chi connectivity index (χ0n) is 10.5. The molecule has 0 aliphatic carbocycles. The molecule has 0 unspecified atom stereocenters. The highest BCUT2D eigenvalue weighted by molar-refractivity contribution is 5.82. The number of fused-ring (bicyclic) bond motifs is 1. The van der Waals surface area contributed by atoms with Gasteiger partial charge in [0, 0.05) is 18.1 Å². The summed E-state index contributed by atoms with van der Waals surface area (Å²) in [6.45, 7) is 0.437. The largest absolute Gasteiger partial charge is 0.366 e. The summed E-state index contributed by atoms with van der Waals surface area (Å²) in [6.07, 6.45) is 2.77. The van der Waals surface area contributed by atoms with E-state index in [4.69, 9.17) is 0 Å². The molecule has 3 nitrogen and oxygen atoms in total. The number of halogens is 2. The molecule has 0 atom stereocenters. The normalized spacial score (nSPS) is 10.7. The Kier molecular flexibility index (Phi) is 3.25. The van der Waals surface area contributed by atoms with Crippen molar-refractivity contribution in [2.24, 2.45) is 0 Å². The Morgan fingerprint density at radius 3 is 2.70 bits per heavy atom. The molecule has 3 aromatic rings. The molecule has 0 radical (unpaired) electrons. The predicted octanol–water partition coefficient (Wildman–Crippen LogP) is 3.52. The van der Waals surface area contributed by atoms with Crippen LogP contribution >= 0.6 is 0 Å². The molecular weight excluding hydrogens is 260 g/mol. The molecule has 20 heavy (non-hydrogen) atoms. The van der Waals surface area contributed by atoms with E-state index in [-0.39, 0.29) is 11.6 Å². The van der Waals surface area contributed by atoms with Gasteiger partial charge in [0.2, 0.25) is 0 Å². The van der Waals surface area contributed by atoms with E-state index in [1.807, 2.05) is 0 Å². The lowest BCUT2D eigenvalue weighted by atomic mass is 10.1. The number of anilines is 1. The minimum atomic E-state index is -0.385. The zero-order chi connectivity index (χ0) is 13.9. The summed E-state index contributed by atoms with van der Waals surface area (Å²) in [5, 5.41) is 3.54. The van der Waals surface area contributed by atoms with Crippen molar-refractivity contribution in [1.82, 2.24) is 9.97 Å². The van der Waals surface area contributed by atoms with Crippen molar-refractivity contribution in [3.05, 3.63) is 66.0 Å². The third-order valence-corrected chi connectivity index (χ3v) is 2.99. The van der Waals surface area contributed by atoms with Gasteiger partial charge in [-0.05, 0) is 35.9 Å². The number of rotatable bonds is 3. The molecule has 0 spiro atoms. The van der Waals surface area contributed by atoms with Gasteiger partial charge < -0.3 is 5.32 Å².